The maximum Gasteiger partial charge on any atom is 0.262 e. The predicted octanol–water partition coefficient (Wildman–Crippen LogP) is 1.75. The molecule has 1 aromatic heterocycles. The van der Waals surface area contributed by atoms with Crippen LogP contribution in [0.15, 0.2) is 18.5 Å². The Bertz CT molecular complexity index is 450. The SMILES string of the molecule is COc1c(NN)ncnc1OCC1CC=CCC1C. The van der Waals surface area contributed by atoms with Crippen LogP contribution in [0.25, 0.3) is 0 Å². The fourth-order valence-corrected chi connectivity index (χ4v) is 2.17. The van der Waals surface area contributed by atoms with Gasteiger partial charge in [-0.3, -0.25) is 0 Å². The fourth-order valence-electron chi connectivity index (χ4n) is 2.17. The number of methoxy groups -OCH3 is 1. The van der Waals surface area contributed by atoms with Crippen LogP contribution in [0.2, 0.25) is 0 Å². The quantitative estimate of drug-likeness (QED) is 0.479. The highest BCUT2D eigenvalue weighted by atomic mass is 16.5. The second kappa shape index (κ2) is 6.38. The summed E-state index contributed by atoms with van der Waals surface area (Å²) in [4.78, 5) is 8.07. The summed E-state index contributed by atoms with van der Waals surface area (Å²) >= 11 is 0. The molecule has 0 bridgehead atoms. The van der Waals surface area contributed by atoms with Crippen LogP contribution < -0.4 is 20.7 Å². The van der Waals surface area contributed by atoms with Gasteiger partial charge in [0.2, 0.25) is 5.75 Å². The summed E-state index contributed by atoms with van der Waals surface area (Å²) in [5, 5.41) is 0. The molecule has 0 amide bonds. The van der Waals surface area contributed by atoms with Gasteiger partial charge in [0, 0.05) is 0 Å². The highest BCUT2D eigenvalue weighted by Crippen LogP contribution is 2.32. The maximum absolute atomic E-state index is 5.77. The molecule has 2 atom stereocenters. The lowest BCUT2D eigenvalue weighted by molar-refractivity contribution is 0.186. The van der Waals surface area contributed by atoms with Gasteiger partial charge in [0.05, 0.1) is 13.7 Å². The number of nitrogens with one attached hydrogen (secondary N) is 1. The zero-order valence-corrected chi connectivity index (χ0v) is 11.3. The Morgan fingerprint density at radius 2 is 2.16 bits per heavy atom. The molecule has 0 aromatic carbocycles. The monoisotopic (exact) mass is 264 g/mol. The van der Waals surface area contributed by atoms with Crippen molar-refractivity contribution < 1.29 is 9.47 Å². The van der Waals surface area contributed by atoms with E-state index in [2.05, 4.69) is 34.5 Å². The molecule has 1 aliphatic carbocycles. The molecule has 1 aromatic rings. The third-order valence-electron chi connectivity index (χ3n) is 3.46. The Balaban J connectivity index is 2.05. The van der Waals surface area contributed by atoms with Gasteiger partial charge in [-0.05, 0) is 24.7 Å². The zero-order valence-electron chi connectivity index (χ0n) is 11.3. The van der Waals surface area contributed by atoms with Crippen molar-refractivity contribution in [3.05, 3.63) is 18.5 Å². The van der Waals surface area contributed by atoms with Gasteiger partial charge >= 0.3 is 0 Å². The van der Waals surface area contributed by atoms with E-state index in [4.69, 9.17) is 15.3 Å². The molecule has 0 saturated heterocycles. The van der Waals surface area contributed by atoms with Gasteiger partial charge in [-0.25, -0.2) is 10.8 Å². The standard InChI is InChI=1S/C13H20N4O2/c1-9-5-3-4-6-10(9)7-19-13-11(18-2)12(17-14)15-8-16-13/h3-4,8-10H,5-7,14H2,1-2H3,(H,15,16,17). The van der Waals surface area contributed by atoms with Crippen LogP contribution in [0.4, 0.5) is 5.82 Å². The van der Waals surface area contributed by atoms with E-state index in [0.29, 0.717) is 35.9 Å². The number of hydrogen-bond donors (Lipinski definition) is 2. The van der Waals surface area contributed by atoms with Gasteiger partial charge in [-0.2, -0.15) is 4.98 Å². The number of hydrogen-bond acceptors (Lipinski definition) is 6. The molecule has 3 N–H and O–H groups in total. The molecular formula is C13H20N4O2. The zero-order chi connectivity index (χ0) is 13.7. The van der Waals surface area contributed by atoms with E-state index in [1.807, 2.05) is 0 Å². The molecule has 2 unspecified atom stereocenters. The van der Waals surface area contributed by atoms with Crippen molar-refractivity contribution in [3.8, 4) is 11.6 Å². The molecule has 1 aliphatic rings. The van der Waals surface area contributed by atoms with E-state index in [0.717, 1.165) is 12.8 Å². The van der Waals surface area contributed by atoms with E-state index >= 15 is 0 Å². The van der Waals surface area contributed by atoms with Gasteiger partial charge < -0.3 is 14.9 Å². The van der Waals surface area contributed by atoms with Crippen molar-refractivity contribution in [1.29, 1.82) is 0 Å². The van der Waals surface area contributed by atoms with Crippen molar-refractivity contribution in [3.63, 3.8) is 0 Å². The van der Waals surface area contributed by atoms with E-state index in [9.17, 15) is 0 Å². The molecule has 2 rings (SSSR count). The molecule has 104 valence electrons. The summed E-state index contributed by atoms with van der Waals surface area (Å²) in [5.74, 6) is 7.76. The molecule has 19 heavy (non-hydrogen) atoms. The fraction of sp³-hybridized carbons (Fsp3) is 0.538. The van der Waals surface area contributed by atoms with E-state index < -0.39 is 0 Å². The summed E-state index contributed by atoms with van der Waals surface area (Å²) in [7, 11) is 1.54. The predicted molar refractivity (Wildman–Crippen MR) is 72.9 cm³/mol. The second-order valence-corrected chi connectivity index (χ2v) is 4.70. The van der Waals surface area contributed by atoms with E-state index in [1.165, 1.54) is 6.33 Å². The van der Waals surface area contributed by atoms with Crippen LogP contribution in [-0.2, 0) is 0 Å². The minimum atomic E-state index is 0.420. The largest absolute Gasteiger partial charge is 0.489 e. The number of allylic oxidation sites excluding steroid dienone is 2. The Labute approximate surface area is 113 Å². The second-order valence-electron chi connectivity index (χ2n) is 4.70. The number of nitrogens with two attached hydrogens (primary N) is 1. The number of aromatic nitrogens is 2. The lowest BCUT2D eigenvalue weighted by Gasteiger charge is -2.25. The molecule has 0 spiro atoms. The number of rotatable bonds is 5. The number of hydrazine groups is 1. The first-order valence-electron chi connectivity index (χ1n) is 6.39. The van der Waals surface area contributed by atoms with Crippen molar-refractivity contribution in [2.45, 2.75) is 19.8 Å². The van der Waals surface area contributed by atoms with Gasteiger partial charge in [0.1, 0.15) is 6.33 Å². The minimum absolute atomic E-state index is 0.420. The molecular weight excluding hydrogens is 244 g/mol. The van der Waals surface area contributed by atoms with Gasteiger partial charge in [-0.15, -0.1) is 0 Å². The number of anilines is 1. The van der Waals surface area contributed by atoms with Crippen LogP contribution in [-0.4, -0.2) is 23.7 Å². The summed E-state index contributed by atoms with van der Waals surface area (Å²) in [5.41, 5.74) is 2.47. The molecule has 6 nitrogen and oxygen atoms in total. The Hall–Kier alpha value is -1.82. The number of ether oxygens (including phenoxy) is 2. The molecule has 0 radical (unpaired) electrons. The third kappa shape index (κ3) is 3.14. The van der Waals surface area contributed by atoms with Crippen molar-refractivity contribution in [1.82, 2.24) is 9.97 Å². The van der Waals surface area contributed by atoms with Crippen molar-refractivity contribution in [2.24, 2.45) is 17.7 Å². The van der Waals surface area contributed by atoms with Crippen molar-refractivity contribution >= 4 is 5.82 Å². The number of nitrogens with zero attached hydrogens (tertiary/aromatic N) is 2. The van der Waals surface area contributed by atoms with Gasteiger partial charge in [0.25, 0.3) is 5.88 Å². The smallest absolute Gasteiger partial charge is 0.262 e. The maximum atomic E-state index is 5.77. The lowest BCUT2D eigenvalue weighted by atomic mass is 9.85. The molecule has 0 fully saturated rings. The summed E-state index contributed by atoms with van der Waals surface area (Å²) in [6.45, 7) is 2.85. The van der Waals surface area contributed by atoms with Crippen LogP contribution in [0.1, 0.15) is 19.8 Å². The molecule has 0 aliphatic heterocycles. The van der Waals surface area contributed by atoms with E-state index in [-0.39, 0.29) is 0 Å². The Morgan fingerprint density at radius 3 is 2.84 bits per heavy atom. The van der Waals surface area contributed by atoms with Gasteiger partial charge in [-0.1, -0.05) is 19.1 Å². The normalized spacial score (nSPS) is 22.1. The average molecular weight is 264 g/mol. The lowest BCUT2D eigenvalue weighted by Crippen LogP contribution is -2.21. The van der Waals surface area contributed by atoms with Crippen LogP contribution in [0, 0.1) is 11.8 Å². The first-order chi connectivity index (χ1) is 9.26. The Morgan fingerprint density at radius 1 is 1.37 bits per heavy atom. The first kappa shape index (κ1) is 13.6. The summed E-state index contributed by atoms with van der Waals surface area (Å²) in [6.07, 6.45) is 7.97. The summed E-state index contributed by atoms with van der Waals surface area (Å²) < 4.78 is 11.0. The van der Waals surface area contributed by atoms with Crippen LogP contribution in [0.5, 0.6) is 11.6 Å². The molecule has 6 heteroatoms. The summed E-state index contributed by atoms with van der Waals surface area (Å²) in [6, 6.07) is 0. The Kier molecular flexibility index (Phi) is 4.57. The van der Waals surface area contributed by atoms with Crippen molar-refractivity contribution in [2.75, 3.05) is 19.1 Å². The minimum Gasteiger partial charge on any atom is -0.489 e. The van der Waals surface area contributed by atoms with Crippen LogP contribution >= 0.6 is 0 Å². The van der Waals surface area contributed by atoms with Gasteiger partial charge in [0.15, 0.2) is 5.82 Å². The van der Waals surface area contributed by atoms with E-state index in [1.54, 1.807) is 7.11 Å². The molecule has 0 saturated carbocycles. The topological polar surface area (TPSA) is 82.3 Å². The number of nitrogen functional groups attached to an aromatic ring is 1. The van der Waals surface area contributed by atoms with Crippen LogP contribution in [0.3, 0.4) is 0 Å². The third-order valence-corrected chi connectivity index (χ3v) is 3.46. The average Bonchev–Trinajstić information content (AvgIpc) is 2.45. The highest BCUT2D eigenvalue weighted by molar-refractivity contribution is 5.54. The first-order valence-corrected chi connectivity index (χ1v) is 6.39. The molecule has 1 heterocycles. The highest BCUT2D eigenvalue weighted by Gasteiger charge is 2.20.